The molecular formula is C26H30F2N8O. The van der Waals surface area contributed by atoms with Crippen LogP contribution in [0.1, 0.15) is 44.3 Å². The van der Waals surface area contributed by atoms with Gasteiger partial charge in [0.1, 0.15) is 11.3 Å². The van der Waals surface area contributed by atoms with Crippen molar-refractivity contribution in [3.05, 3.63) is 36.4 Å². The van der Waals surface area contributed by atoms with Gasteiger partial charge in [-0.15, -0.1) is 5.10 Å². The van der Waals surface area contributed by atoms with Crippen LogP contribution < -0.4 is 5.32 Å². The molecule has 1 saturated carbocycles. The van der Waals surface area contributed by atoms with Gasteiger partial charge in [-0.05, 0) is 63.6 Å². The molecule has 9 nitrogen and oxygen atoms in total. The Hall–Kier alpha value is -3.63. The fourth-order valence-electron chi connectivity index (χ4n) is 5.67. The molecule has 11 heteroatoms. The molecule has 1 aliphatic heterocycles. The Bertz CT molecular complexity index is 1430. The number of hydrogen-bond donors (Lipinski definition) is 1. The first-order valence-electron chi connectivity index (χ1n) is 13.0. The first-order valence-corrected chi connectivity index (χ1v) is 13.0. The highest BCUT2D eigenvalue weighted by Gasteiger charge is 2.30. The molecule has 1 amide bonds. The minimum absolute atomic E-state index is 0.136. The second-order valence-corrected chi connectivity index (χ2v) is 10.1. The van der Waals surface area contributed by atoms with Gasteiger partial charge >= 0.3 is 0 Å². The van der Waals surface area contributed by atoms with Gasteiger partial charge < -0.3 is 14.8 Å². The maximum absolute atomic E-state index is 13.1. The zero-order valence-corrected chi connectivity index (χ0v) is 20.8. The van der Waals surface area contributed by atoms with Gasteiger partial charge in [0, 0.05) is 36.8 Å². The summed E-state index contributed by atoms with van der Waals surface area (Å²) in [7, 11) is 0. The van der Waals surface area contributed by atoms with Crippen LogP contribution in [0.25, 0.3) is 27.9 Å². The summed E-state index contributed by atoms with van der Waals surface area (Å²) >= 11 is 0. The largest absolute Gasteiger partial charge is 0.350 e. The van der Waals surface area contributed by atoms with Crippen molar-refractivity contribution in [3.63, 3.8) is 0 Å². The summed E-state index contributed by atoms with van der Waals surface area (Å²) < 4.78 is 29.4. The molecular weight excluding hydrogens is 478 g/mol. The minimum atomic E-state index is -2.49. The lowest BCUT2D eigenvalue weighted by atomic mass is 9.85. The van der Waals surface area contributed by atoms with Gasteiger partial charge in [-0.25, -0.2) is 28.2 Å². The van der Waals surface area contributed by atoms with Crippen molar-refractivity contribution in [1.82, 2.24) is 34.0 Å². The SMILES string of the molecule is Cc1nc2ccc(-c3ccn4nc(NC5CCC(C(=O)N6CCCC6)CC5)ncc34)nc2n1CC(F)F. The standard InChI is InChI=1S/C26H30F2N8O/c1-16-30-21-9-8-20(32-24(21)35(16)15-23(27)28)19-10-13-36-22(19)14-29-26(33-36)31-18-6-4-17(5-7-18)25(37)34-11-2-3-12-34/h8-10,13-14,17-18,23H,2-7,11-12,15H2,1H3,(H,31,33). The summed E-state index contributed by atoms with van der Waals surface area (Å²) in [6.45, 7) is 3.08. The minimum Gasteiger partial charge on any atom is -0.350 e. The molecule has 0 unspecified atom stereocenters. The molecule has 1 aliphatic carbocycles. The molecule has 5 heterocycles. The number of anilines is 1. The molecule has 2 fully saturated rings. The van der Waals surface area contributed by atoms with Gasteiger partial charge in [0.15, 0.2) is 5.65 Å². The van der Waals surface area contributed by atoms with Gasteiger partial charge in [-0.2, -0.15) is 0 Å². The van der Waals surface area contributed by atoms with E-state index in [1.54, 1.807) is 23.7 Å². The van der Waals surface area contributed by atoms with Crippen molar-refractivity contribution in [3.8, 4) is 11.3 Å². The van der Waals surface area contributed by atoms with E-state index in [0.717, 1.165) is 62.7 Å². The summed E-state index contributed by atoms with van der Waals surface area (Å²) in [5.74, 6) is 1.51. The Morgan fingerprint density at radius 3 is 2.65 bits per heavy atom. The van der Waals surface area contributed by atoms with Crippen molar-refractivity contribution >= 4 is 28.5 Å². The summed E-state index contributed by atoms with van der Waals surface area (Å²) in [6.07, 6.45) is 6.96. The number of amides is 1. The molecule has 4 aromatic heterocycles. The molecule has 194 valence electrons. The van der Waals surface area contributed by atoms with Crippen molar-refractivity contribution < 1.29 is 13.6 Å². The quantitative estimate of drug-likeness (QED) is 0.417. The second kappa shape index (κ2) is 9.68. The first-order chi connectivity index (χ1) is 18.0. The van der Waals surface area contributed by atoms with Crippen LogP contribution in [0.5, 0.6) is 0 Å². The highest BCUT2D eigenvalue weighted by Crippen LogP contribution is 2.30. The third-order valence-corrected chi connectivity index (χ3v) is 7.62. The molecule has 0 bridgehead atoms. The third-order valence-electron chi connectivity index (χ3n) is 7.62. The summed E-state index contributed by atoms with van der Waals surface area (Å²) in [5, 5.41) is 8.07. The van der Waals surface area contributed by atoms with E-state index < -0.39 is 13.0 Å². The van der Waals surface area contributed by atoms with Crippen molar-refractivity contribution in [1.29, 1.82) is 0 Å². The van der Waals surface area contributed by atoms with E-state index in [1.807, 2.05) is 23.2 Å². The van der Waals surface area contributed by atoms with Gasteiger partial charge in [0.2, 0.25) is 11.9 Å². The predicted molar refractivity (Wildman–Crippen MR) is 135 cm³/mol. The van der Waals surface area contributed by atoms with E-state index >= 15 is 0 Å². The average Bonchev–Trinajstić information content (AvgIpc) is 3.63. The highest BCUT2D eigenvalue weighted by atomic mass is 19.3. The highest BCUT2D eigenvalue weighted by molar-refractivity contribution is 5.83. The van der Waals surface area contributed by atoms with Gasteiger partial charge in [0.05, 0.1) is 24.0 Å². The zero-order chi connectivity index (χ0) is 25.5. The lowest BCUT2D eigenvalue weighted by molar-refractivity contribution is -0.135. The molecule has 1 N–H and O–H groups in total. The number of nitrogens with zero attached hydrogens (tertiary/aromatic N) is 7. The number of fused-ring (bicyclic) bond motifs is 2. The number of rotatable bonds is 6. The Balaban J connectivity index is 1.17. The number of pyridine rings is 1. The van der Waals surface area contributed by atoms with Gasteiger partial charge in [-0.3, -0.25) is 4.79 Å². The molecule has 37 heavy (non-hydrogen) atoms. The number of imidazole rings is 1. The van der Waals surface area contributed by atoms with Crippen LogP contribution in [0.3, 0.4) is 0 Å². The molecule has 0 radical (unpaired) electrons. The van der Waals surface area contributed by atoms with Crippen LogP contribution >= 0.6 is 0 Å². The lowest BCUT2D eigenvalue weighted by Crippen LogP contribution is -2.37. The van der Waals surface area contributed by atoms with Crippen LogP contribution in [0, 0.1) is 12.8 Å². The van der Waals surface area contributed by atoms with Crippen molar-refractivity contribution in [2.75, 3.05) is 18.4 Å². The maximum atomic E-state index is 13.1. The fourth-order valence-corrected chi connectivity index (χ4v) is 5.67. The third kappa shape index (κ3) is 4.62. The summed E-state index contributed by atoms with van der Waals surface area (Å²) in [4.78, 5) is 28.3. The smallest absolute Gasteiger partial charge is 0.256 e. The maximum Gasteiger partial charge on any atom is 0.256 e. The normalized spacial score (nSPS) is 20.4. The lowest BCUT2D eigenvalue weighted by Gasteiger charge is -2.30. The number of hydrogen-bond acceptors (Lipinski definition) is 6. The number of aromatic nitrogens is 6. The second-order valence-electron chi connectivity index (χ2n) is 10.1. The molecule has 6 rings (SSSR count). The van der Waals surface area contributed by atoms with Crippen LogP contribution in [0.15, 0.2) is 30.6 Å². The monoisotopic (exact) mass is 508 g/mol. The fraction of sp³-hybridized carbons (Fsp3) is 0.500. The Labute approximate surface area is 212 Å². The van der Waals surface area contributed by atoms with Crippen LogP contribution in [0.4, 0.5) is 14.7 Å². The Kier molecular flexibility index (Phi) is 6.21. The van der Waals surface area contributed by atoms with E-state index in [4.69, 9.17) is 0 Å². The van der Waals surface area contributed by atoms with Crippen LogP contribution in [-0.2, 0) is 11.3 Å². The van der Waals surface area contributed by atoms with E-state index in [-0.39, 0.29) is 12.0 Å². The number of carbonyl (C=O) groups is 1. The molecule has 0 aromatic carbocycles. The van der Waals surface area contributed by atoms with E-state index in [1.165, 1.54) is 4.57 Å². The number of nitrogens with one attached hydrogen (secondary N) is 1. The Morgan fingerprint density at radius 1 is 1.11 bits per heavy atom. The summed E-state index contributed by atoms with van der Waals surface area (Å²) in [5.41, 5.74) is 3.26. The molecule has 2 aliphatic rings. The summed E-state index contributed by atoms with van der Waals surface area (Å²) in [6, 6.07) is 5.78. The Morgan fingerprint density at radius 2 is 1.89 bits per heavy atom. The first kappa shape index (κ1) is 23.7. The van der Waals surface area contributed by atoms with Gasteiger partial charge in [-0.1, -0.05) is 0 Å². The van der Waals surface area contributed by atoms with Crippen LogP contribution in [-0.4, -0.2) is 65.5 Å². The zero-order valence-electron chi connectivity index (χ0n) is 20.8. The molecule has 1 saturated heterocycles. The van der Waals surface area contributed by atoms with Crippen molar-refractivity contribution in [2.45, 2.75) is 64.5 Å². The van der Waals surface area contributed by atoms with E-state index in [2.05, 4.69) is 25.4 Å². The molecule has 0 atom stereocenters. The predicted octanol–water partition coefficient (Wildman–Crippen LogP) is 4.31. The average molecular weight is 509 g/mol. The van der Waals surface area contributed by atoms with E-state index in [9.17, 15) is 13.6 Å². The number of likely N-dealkylation sites (tertiary alicyclic amines) is 1. The number of alkyl halides is 2. The molecule has 4 aromatic rings. The number of halogens is 2. The van der Waals surface area contributed by atoms with Gasteiger partial charge in [0.25, 0.3) is 6.43 Å². The number of aryl methyl sites for hydroxylation is 1. The van der Waals surface area contributed by atoms with Crippen molar-refractivity contribution in [2.24, 2.45) is 5.92 Å². The molecule has 0 spiro atoms. The van der Waals surface area contributed by atoms with Crippen LogP contribution in [0.2, 0.25) is 0 Å². The number of carbonyl (C=O) groups excluding carboxylic acids is 1. The van der Waals surface area contributed by atoms with E-state index in [0.29, 0.717) is 34.5 Å². The topological polar surface area (TPSA) is 93.2 Å².